The summed E-state index contributed by atoms with van der Waals surface area (Å²) in [6, 6.07) is 11.4. The number of rotatable bonds is 2. The molecule has 0 heterocycles. The maximum Gasteiger partial charge on any atom is 0.0633 e. The van der Waals surface area contributed by atoms with Crippen LogP contribution in [0.25, 0.3) is 0 Å². The lowest BCUT2D eigenvalue weighted by Crippen LogP contribution is -1.97. The molecule has 0 aromatic heterocycles. The number of hydrogen-bond acceptors (Lipinski definition) is 2. The third-order valence-electron chi connectivity index (χ3n) is 2.21. The number of nitrogens with two attached hydrogens (primary N) is 1. The van der Waals surface area contributed by atoms with Crippen LogP contribution in [0.15, 0.2) is 40.9 Å². The van der Waals surface area contributed by atoms with Gasteiger partial charge in [0, 0.05) is 13.1 Å². The van der Waals surface area contributed by atoms with E-state index in [9.17, 15) is 0 Å². The Morgan fingerprint density at radius 3 is 2.65 bits per heavy atom. The first-order valence-corrected chi connectivity index (χ1v) is 7.08. The van der Waals surface area contributed by atoms with Crippen molar-refractivity contribution in [1.82, 2.24) is 0 Å². The minimum atomic E-state index is 0.656. The lowest BCUT2D eigenvalue weighted by Gasteiger charge is -2.11. The van der Waals surface area contributed by atoms with Crippen LogP contribution >= 0.6 is 50.1 Å². The normalized spacial score (nSPS) is 10.3. The maximum atomic E-state index is 5.95. The summed E-state index contributed by atoms with van der Waals surface area (Å²) in [5.74, 6) is 0. The van der Waals surface area contributed by atoms with Gasteiger partial charge in [-0.25, -0.2) is 0 Å². The summed E-state index contributed by atoms with van der Waals surface area (Å²) < 4.78 is 2.13. The highest BCUT2D eigenvalue weighted by atomic mass is 127. The molecule has 0 aliphatic carbocycles. The molecule has 0 saturated carbocycles. The second-order valence-electron chi connectivity index (χ2n) is 3.48. The number of nitrogen functional groups attached to an aromatic ring is 1. The van der Waals surface area contributed by atoms with Crippen LogP contribution < -0.4 is 11.1 Å². The molecule has 5 heteroatoms. The van der Waals surface area contributed by atoms with Crippen molar-refractivity contribution in [3.05, 3.63) is 49.5 Å². The van der Waals surface area contributed by atoms with Crippen LogP contribution in [0.3, 0.4) is 0 Å². The second-order valence-corrected chi connectivity index (χ2v) is 6.02. The van der Waals surface area contributed by atoms with Gasteiger partial charge in [0.2, 0.25) is 0 Å². The Morgan fingerprint density at radius 2 is 1.88 bits per heavy atom. The van der Waals surface area contributed by atoms with Crippen LogP contribution in [0.5, 0.6) is 0 Å². The zero-order valence-electron chi connectivity index (χ0n) is 8.68. The van der Waals surface area contributed by atoms with Gasteiger partial charge in [0.1, 0.15) is 0 Å². The van der Waals surface area contributed by atoms with E-state index in [1.807, 2.05) is 24.3 Å². The summed E-state index contributed by atoms with van der Waals surface area (Å²) >= 11 is 11.7. The summed E-state index contributed by atoms with van der Waals surface area (Å²) in [5, 5.41) is 3.92. The van der Waals surface area contributed by atoms with Gasteiger partial charge in [-0.2, -0.15) is 0 Å². The van der Waals surface area contributed by atoms with Crippen molar-refractivity contribution in [1.29, 1.82) is 0 Å². The zero-order valence-corrected chi connectivity index (χ0v) is 13.2. The minimum Gasteiger partial charge on any atom is -0.397 e. The Bertz CT molecular complexity index is 511. The molecule has 17 heavy (non-hydrogen) atoms. The Labute approximate surface area is 127 Å². The quantitative estimate of drug-likeness (QED) is 0.525. The number of halogens is 3. The lowest BCUT2D eigenvalue weighted by atomic mass is 10.2. The molecule has 0 amide bonds. The summed E-state index contributed by atoms with van der Waals surface area (Å²) in [5.41, 5.74) is 8.32. The highest BCUT2D eigenvalue weighted by Gasteiger charge is 2.04. The van der Waals surface area contributed by atoms with E-state index in [1.54, 1.807) is 12.1 Å². The Balaban J connectivity index is 2.37. The summed E-state index contributed by atoms with van der Waals surface area (Å²) in [6.07, 6.45) is 0. The third-order valence-corrected chi connectivity index (χ3v) is 3.81. The predicted octanol–water partition coefficient (Wildman–Crippen LogP) is 5.03. The Hall–Kier alpha value is -0.460. The monoisotopic (exact) mass is 422 g/mol. The van der Waals surface area contributed by atoms with Gasteiger partial charge in [0.05, 0.1) is 17.1 Å². The molecule has 0 aliphatic heterocycles. The van der Waals surface area contributed by atoms with E-state index >= 15 is 0 Å². The van der Waals surface area contributed by atoms with Gasteiger partial charge in [0.25, 0.3) is 0 Å². The van der Waals surface area contributed by atoms with Crippen molar-refractivity contribution < 1.29 is 0 Å². The predicted molar refractivity (Wildman–Crippen MR) is 86.0 cm³/mol. The van der Waals surface area contributed by atoms with Gasteiger partial charge >= 0.3 is 0 Å². The van der Waals surface area contributed by atoms with Crippen molar-refractivity contribution >= 4 is 67.2 Å². The molecule has 88 valence electrons. The van der Waals surface area contributed by atoms with Gasteiger partial charge in [-0.3, -0.25) is 0 Å². The van der Waals surface area contributed by atoms with Gasteiger partial charge in [0.15, 0.2) is 0 Å². The van der Waals surface area contributed by atoms with Gasteiger partial charge < -0.3 is 11.1 Å². The molecule has 2 aromatic rings. The standard InChI is InChI=1S/C12H9BrClIN2/c13-9-3-2-8(15)6-11(9)17-12-5-7(14)1-4-10(12)16/h1-6,17H,16H2. The van der Waals surface area contributed by atoms with Crippen molar-refractivity contribution in [2.24, 2.45) is 0 Å². The fourth-order valence-electron chi connectivity index (χ4n) is 1.38. The molecule has 0 bridgehead atoms. The molecular weight excluding hydrogens is 414 g/mol. The first-order valence-electron chi connectivity index (χ1n) is 4.83. The van der Waals surface area contributed by atoms with Crippen LogP contribution in [0.2, 0.25) is 5.02 Å². The van der Waals surface area contributed by atoms with Gasteiger partial charge in [-0.05, 0) is 74.9 Å². The summed E-state index contributed by atoms with van der Waals surface area (Å²) in [4.78, 5) is 0. The summed E-state index contributed by atoms with van der Waals surface area (Å²) in [7, 11) is 0. The van der Waals surface area contributed by atoms with Gasteiger partial charge in [-0.1, -0.05) is 11.6 Å². The molecule has 0 unspecified atom stereocenters. The first-order chi connectivity index (χ1) is 8.06. The smallest absolute Gasteiger partial charge is 0.0633 e. The maximum absolute atomic E-state index is 5.95. The molecule has 0 fully saturated rings. The minimum absolute atomic E-state index is 0.656. The van der Waals surface area contributed by atoms with E-state index in [0.29, 0.717) is 10.7 Å². The van der Waals surface area contributed by atoms with E-state index < -0.39 is 0 Å². The SMILES string of the molecule is Nc1ccc(Cl)cc1Nc1cc(I)ccc1Br. The van der Waals surface area contributed by atoms with Crippen LogP contribution in [0, 0.1) is 3.57 Å². The molecule has 0 aliphatic rings. The lowest BCUT2D eigenvalue weighted by molar-refractivity contribution is 1.50. The number of benzene rings is 2. The fourth-order valence-corrected chi connectivity index (χ4v) is 2.38. The van der Waals surface area contributed by atoms with E-state index in [-0.39, 0.29) is 0 Å². The first kappa shape index (κ1) is 13.0. The molecule has 2 nitrogen and oxygen atoms in total. The highest BCUT2D eigenvalue weighted by Crippen LogP contribution is 2.31. The number of nitrogens with one attached hydrogen (secondary N) is 1. The second kappa shape index (κ2) is 5.46. The van der Waals surface area contributed by atoms with E-state index in [0.717, 1.165) is 19.4 Å². The van der Waals surface area contributed by atoms with Crippen molar-refractivity contribution in [2.75, 3.05) is 11.1 Å². The molecule has 0 radical (unpaired) electrons. The number of hydrogen-bond donors (Lipinski definition) is 2. The van der Waals surface area contributed by atoms with Crippen LogP contribution in [0.4, 0.5) is 17.1 Å². The molecule has 0 saturated heterocycles. The van der Waals surface area contributed by atoms with E-state index in [4.69, 9.17) is 17.3 Å². The molecule has 3 N–H and O–H groups in total. The molecule has 2 aromatic carbocycles. The number of anilines is 3. The van der Waals surface area contributed by atoms with E-state index in [1.165, 1.54) is 0 Å². The third kappa shape index (κ3) is 3.26. The van der Waals surface area contributed by atoms with Crippen molar-refractivity contribution in [3.8, 4) is 0 Å². The van der Waals surface area contributed by atoms with Crippen molar-refractivity contribution in [2.45, 2.75) is 0 Å². The van der Waals surface area contributed by atoms with E-state index in [2.05, 4.69) is 43.8 Å². The molecule has 0 spiro atoms. The molecule has 2 rings (SSSR count). The average Bonchev–Trinajstić information content (AvgIpc) is 2.28. The Morgan fingerprint density at radius 1 is 1.12 bits per heavy atom. The molecule has 0 atom stereocenters. The van der Waals surface area contributed by atoms with Gasteiger partial charge in [-0.15, -0.1) is 0 Å². The Kier molecular flexibility index (Phi) is 4.17. The fraction of sp³-hybridized carbons (Fsp3) is 0. The largest absolute Gasteiger partial charge is 0.397 e. The molecular formula is C12H9BrClIN2. The van der Waals surface area contributed by atoms with Crippen molar-refractivity contribution in [3.63, 3.8) is 0 Å². The van der Waals surface area contributed by atoms with Crippen LogP contribution in [-0.2, 0) is 0 Å². The topological polar surface area (TPSA) is 38.0 Å². The van der Waals surface area contributed by atoms with Crippen LogP contribution in [0.1, 0.15) is 0 Å². The summed E-state index contributed by atoms with van der Waals surface area (Å²) in [6.45, 7) is 0. The highest BCUT2D eigenvalue weighted by molar-refractivity contribution is 14.1. The average molecular weight is 423 g/mol. The van der Waals surface area contributed by atoms with Crippen LogP contribution in [-0.4, -0.2) is 0 Å². The zero-order chi connectivity index (χ0) is 12.4.